The van der Waals surface area contributed by atoms with E-state index in [-0.39, 0.29) is 11.8 Å². The van der Waals surface area contributed by atoms with Gasteiger partial charge in [-0.25, -0.2) is 0 Å². The molecule has 1 aliphatic rings. The second kappa shape index (κ2) is 10.3. The van der Waals surface area contributed by atoms with Gasteiger partial charge in [0.25, 0.3) is 0 Å². The molecule has 5 rings (SSSR count). The second-order valence-corrected chi connectivity index (χ2v) is 9.58. The molecule has 0 aliphatic carbocycles. The number of piperazine rings is 1. The van der Waals surface area contributed by atoms with Crippen LogP contribution in [0.15, 0.2) is 89.4 Å². The number of aromatic nitrogens is 1. The van der Waals surface area contributed by atoms with Crippen molar-refractivity contribution in [2.75, 3.05) is 26.2 Å². The number of amides is 2. The molecule has 0 spiro atoms. The molecule has 1 aliphatic heterocycles. The van der Waals surface area contributed by atoms with Crippen LogP contribution in [-0.4, -0.2) is 52.8 Å². The van der Waals surface area contributed by atoms with Gasteiger partial charge in [0.2, 0.25) is 11.8 Å². The van der Waals surface area contributed by atoms with E-state index in [1.165, 1.54) is 0 Å². The van der Waals surface area contributed by atoms with Gasteiger partial charge in [0.15, 0.2) is 0 Å². The van der Waals surface area contributed by atoms with Gasteiger partial charge in [-0.2, -0.15) is 0 Å². The van der Waals surface area contributed by atoms with Crippen LogP contribution in [0.4, 0.5) is 0 Å². The minimum atomic E-state index is -0.0196. The van der Waals surface area contributed by atoms with Crippen LogP contribution in [0.3, 0.4) is 0 Å². The average molecular weight is 528 g/mol. The number of hydrogen-bond donors (Lipinski definition) is 1. The van der Waals surface area contributed by atoms with Gasteiger partial charge in [0.1, 0.15) is 0 Å². The lowest BCUT2D eigenvalue weighted by Crippen LogP contribution is -2.50. The first-order valence-corrected chi connectivity index (χ1v) is 12.5. The number of nitrogens with one attached hydrogen (secondary N) is 1. The van der Waals surface area contributed by atoms with E-state index in [1.807, 2.05) is 71.6 Å². The molecule has 176 valence electrons. The molecule has 1 N–H and O–H groups in total. The first-order valence-electron chi connectivity index (χ1n) is 11.7. The van der Waals surface area contributed by atoms with Gasteiger partial charge in [-0.05, 0) is 41.0 Å². The molecular weight excluding hydrogens is 502 g/mol. The lowest BCUT2D eigenvalue weighted by molar-refractivity contribution is -0.136. The fourth-order valence-electron chi connectivity index (χ4n) is 4.53. The van der Waals surface area contributed by atoms with Gasteiger partial charge in [-0.3, -0.25) is 9.59 Å². The maximum atomic E-state index is 13.3. The zero-order valence-corrected chi connectivity index (χ0v) is 20.9. The van der Waals surface area contributed by atoms with Crippen molar-refractivity contribution in [3.8, 4) is 11.3 Å². The normalized spacial score (nSPS) is 14.1. The Bertz CT molecular complexity index is 1370. The summed E-state index contributed by atoms with van der Waals surface area (Å²) in [6.07, 6.45) is 3.76. The molecule has 0 radical (unpaired) electrons. The predicted molar refractivity (Wildman–Crippen MR) is 144 cm³/mol. The molecule has 3 aromatic carbocycles. The summed E-state index contributed by atoms with van der Waals surface area (Å²) < 4.78 is 0.980. The minimum absolute atomic E-state index is 0.0196. The van der Waals surface area contributed by atoms with Gasteiger partial charge in [0.05, 0.1) is 12.1 Å². The van der Waals surface area contributed by atoms with Crippen LogP contribution in [0.1, 0.15) is 11.1 Å². The summed E-state index contributed by atoms with van der Waals surface area (Å²) in [5.41, 5.74) is 5.04. The number of benzene rings is 3. The molecular formula is C29H26BrN3O2. The fourth-order valence-corrected chi connectivity index (χ4v) is 4.89. The maximum absolute atomic E-state index is 13.3. The van der Waals surface area contributed by atoms with Crippen molar-refractivity contribution in [3.05, 3.63) is 101 Å². The van der Waals surface area contributed by atoms with E-state index in [0.29, 0.717) is 32.6 Å². The first-order chi connectivity index (χ1) is 17.1. The van der Waals surface area contributed by atoms with Gasteiger partial charge in [-0.15, -0.1) is 0 Å². The number of hydrogen-bond acceptors (Lipinski definition) is 2. The van der Waals surface area contributed by atoms with Crippen molar-refractivity contribution in [2.45, 2.75) is 6.42 Å². The Balaban J connectivity index is 1.29. The smallest absolute Gasteiger partial charge is 0.246 e. The van der Waals surface area contributed by atoms with Crippen molar-refractivity contribution in [1.82, 2.24) is 14.8 Å². The number of aromatic amines is 1. The molecule has 5 nitrogen and oxygen atoms in total. The zero-order valence-electron chi connectivity index (χ0n) is 19.3. The number of carbonyl (C=O) groups is 2. The molecule has 4 aromatic rings. The van der Waals surface area contributed by atoms with Gasteiger partial charge in [-0.1, -0.05) is 76.6 Å². The topological polar surface area (TPSA) is 56.4 Å². The van der Waals surface area contributed by atoms with Gasteiger partial charge >= 0.3 is 0 Å². The number of fused-ring (bicyclic) bond motifs is 1. The van der Waals surface area contributed by atoms with Crippen LogP contribution < -0.4 is 0 Å². The number of carbonyl (C=O) groups excluding carboxylic acids is 2. The molecule has 35 heavy (non-hydrogen) atoms. The quantitative estimate of drug-likeness (QED) is 0.347. The highest BCUT2D eigenvalue weighted by molar-refractivity contribution is 9.10. The largest absolute Gasteiger partial charge is 0.354 e. The highest BCUT2D eigenvalue weighted by Crippen LogP contribution is 2.32. The number of nitrogens with zero attached hydrogens (tertiary/aromatic N) is 2. The van der Waals surface area contributed by atoms with E-state index >= 15 is 0 Å². The van der Waals surface area contributed by atoms with E-state index < -0.39 is 0 Å². The Kier molecular flexibility index (Phi) is 6.82. The Morgan fingerprint density at radius 1 is 0.857 bits per heavy atom. The average Bonchev–Trinajstić information content (AvgIpc) is 3.25. The molecule has 0 bridgehead atoms. The van der Waals surface area contributed by atoms with Crippen molar-refractivity contribution in [3.63, 3.8) is 0 Å². The van der Waals surface area contributed by atoms with E-state index in [1.54, 1.807) is 11.0 Å². The summed E-state index contributed by atoms with van der Waals surface area (Å²) in [6.45, 7) is 2.15. The Labute approximate surface area is 213 Å². The van der Waals surface area contributed by atoms with Crippen molar-refractivity contribution in [1.29, 1.82) is 0 Å². The predicted octanol–water partition coefficient (Wildman–Crippen LogP) is 5.52. The Morgan fingerprint density at radius 2 is 1.51 bits per heavy atom. The number of rotatable bonds is 5. The van der Waals surface area contributed by atoms with E-state index in [2.05, 4.69) is 39.1 Å². The van der Waals surface area contributed by atoms with E-state index in [9.17, 15) is 9.59 Å². The Morgan fingerprint density at radius 3 is 2.23 bits per heavy atom. The van der Waals surface area contributed by atoms with E-state index in [4.69, 9.17) is 0 Å². The van der Waals surface area contributed by atoms with Crippen molar-refractivity contribution in [2.24, 2.45) is 0 Å². The highest BCUT2D eigenvalue weighted by Gasteiger charge is 2.25. The monoisotopic (exact) mass is 527 g/mol. The summed E-state index contributed by atoms with van der Waals surface area (Å²) >= 11 is 3.57. The molecule has 1 saturated heterocycles. The first kappa shape index (κ1) is 23.1. The van der Waals surface area contributed by atoms with Crippen LogP contribution in [0.2, 0.25) is 0 Å². The molecule has 1 fully saturated rings. The lowest BCUT2D eigenvalue weighted by Gasteiger charge is -2.34. The van der Waals surface area contributed by atoms with Crippen LogP contribution >= 0.6 is 15.9 Å². The minimum Gasteiger partial charge on any atom is -0.354 e. The molecule has 6 heteroatoms. The van der Waals surface area contributed by atoms with Crippen LogP contribution in [0.25, 0.3) is 28.2 Å². The van der Waals surface area contributed by atoms with Crippen LogP contribution in [0.5, 0.6) is 0 Å². The number of H-pyrrole nitrogens is 1. The number of halogens is 1. The highest BCUT2D eigenvalue weighted by atomic mass is 79.9. The lowest BCUT2D eigenvalue weighted by atomic mass is 10.0. The standard InChI is InChI=1S/C29H26BrN3O2/c30-23-12-13-26-24(19-23)25(29(31-26)22-9-5-2-6-10-22)20-28(35)33-17-15-32(16-18-33)27(34)14-11-21-7-3-1-4-8-21/h1-14,19,31H,15-18,20H2/b14-11+. The fraction of sp³-hybridized carbons (Fsp3) is 0.172. The third kappa shape index (κ3) is 5.23. The zero-order chi connectivity index (χ0) is 24.2. The third-order valence-corrected chi connectivity index (χ3v) is 6.91. The second-order valence-electron chi connectivity index (χ2n) is 8.66. The van der Waals surface area contributed by atoms with Gasteiger partial charge < -0.3 is 14.8 Å². The molecule has 1 aromatic heterocycles. The summed E-state index contributed by atoms with van der Waals surface area (Å²) in [6, 6.07) is 26.0. The summed E-state index contributed by atoms with van der Waals surface area (Å²) in [4.78, 5) is 33.2. The summed E-state index contributed by atoms with van der Waals surface area (Å²) in [5, 5.41) is 1.05. The molecule has 0 saturated carbocycles. The molecule has 0 unspecified atom stereocenters. The van der Waals surface area contributed by atoms with Gasteiger partial charge in [0, 0.05) is 47.6 Å². The molecule has 0 atom stereocenters. The maximum Gasteiger partial charge on any atom is 0.246 e. The van der Waals surface area contributed by atoms with E-state index in [0.717, 1.165) is 37.8 Å². The molecule has 2 heterocycles. The van der Waals surface area contributed by atoms with Crippen LogP contribution in [0, 0.1) is 0 Å². The molecule has 2 amide bonds. The van der Waals surface area contributed by atoms with Crippen molar-refractivity contribution >= 4 is 44.7 Å². The SMILES string of the molecule is O=C(/C=C/c1ccccc1)N1CCN(C(=O)Cc2c(-c3ccccc3)[nH]c3ccc(Br)cc23)CC1. The van der Waals surface area contributed by atoms with Crippen LogP contribution in [-0.2, 0) is 16.0 Å². The summed E-state index contributed by atoms with van der Waals surface area (Å²) in [5.74, 6) is 0.0591. The summed E-state index contributed by atoms with van der Waals surface area (Å²) in [7, 11) is 0. The third-order valence-electron chi connectivity index (χ3n) is 6.42. The van der Waals surface area contributed by atoms with Crippen molar-refractivity contribution < 1.29 is 9.59 Å². The Hall–Kier alpha value is -3.64.